The summed E-state index contributed by atoms with van der Waals surface area (Å²) in [6, 6.07) is 10.9. The van der Waals surface area contributed by atoms with E-state index >= 15 is 0 Å². The van der Waals surface area contributed by atoms with Gasteiger partial charge in [0.05, 0.1) is 11.1 Å². The molecule has 0 atom stereocenters. The zero-order chi connectivity index (χ0) is 24.9. The Labute approximate surface area is 213 Å². The van der Waals surface area contributed by atoms with Crippen LogP contribution in [0.3, 0.4) is 0 Å². The molecule has 0 amide bonds. The number of rotatable bonds is 3. The first-order valence-corrected chi connectivity index (χ1v) is 17.3. The van der Waals surface area contributed by atoms with Gasteiger partial charge in [0.1, 0.15) is 0 Å². The third kappa shape index (κ3) is 7.30. The molecule has 3 aromatic carbocycles. The molecule has 1 aliphatic rings. The van der Waals surface area contributed by atoms with Crippen molar-refractivity contribution in [3.05, 3.63) is 65.2 Å². The van der Waals surface area contributed by atoms with Gasteiger partial charge in [0.15, 0.2) is 0 Å². The number of alkyl halides is 6. The third-order valence-corrected chi connectivity index (χ3v) is 6.21. The van der Waals surface area contributed by atoms with Crippen LogP contribution in [0.1, 0.15) is 55.2 Å². The Morgan fingerprint density at radius 2 is 1.38 bits per heavy atom. The van der Waals surface area contributed by atoms with Crippen LogP contribution in [0.15, 0.2) is 48.5 Å². The fraction of sp³-hybridized carbons (Fsp3) is 0.400. The second-order valence-corrected chi connectivity index (χ2v) is 12.3. The van der Waals surface area contributed by atoms with E-state index in [9.17, 15) is 26.3 Å². The Morgan fingerprint density at radius 3 is 1.91 bits per heavy atom. The molecule has 0 bridgehead atoms. The van der Waals surface area contributed by atoms with Crippen molar-refractivity contribution in [3.8, 4) is 11.1 Å². The molecule has 34 heavy (non-hydrogen) atoms. The standard InChI is InChI=1S/C25H23F6.2ClH.Zr/c26-24(27,28)20-13-19(14-21(15-20)25(29,30)31)22-9-5-8-18-11-17(12-23(18)22)10-16-6-3-1-2-4-7-16;;;/h5,8-9,11-16H,1-4,6-7,10H2;2*1H;/q-1;;;+2/p-2. The van der Waals surface area contributed by atoms with E-state index in [1.165, 1.54) is 25.7 Å². The Bertz CT molecular complexity index is 1050. The molecule has 1 aliphatic carbocycles. The van der Waals surface area contributed by atoms with E-state index in [4.69, 9.17) is 17.0 Å². The molecule has 0 spiro atoms. The summed E-state index contributed by atoms with van der Waals surface area (Å²) in [5.74, 6) is 0.577. The van der Waals surface area contributed by atoms with Crippen molar-refractivity contribution in [3.63, 3.8) is 0 Å². The molecule has 4 rings (SSSR count). The zero-order valence-corrected chi connectivity index (χ0v) is 22.1. The van der Waals surface area contributed by atoms with E-state index in [2.05, 4.69) is 0 Å². The van der Waals surface area contributed by atoms with E-state index in [0.717, 1.165) is 42.3 Å². The first-order chi connectivity index (χ1) is 16.0. The summed E-state index contributed by atoms with van der Waals surface area (Å²) in [5, 5.41) is 1.53. The van der Waals surface area contributed by atoms with Gasteiger partial charge in [-0.3, -0.25) is 0 Å². The van der Waals surface area contributed by atoms with Crippen LogP contribution in [0, 0.1) is 5.92 Å². The molecule has 184 valence electrons. The summed E-state index contributed by atoms with van der Waals surface area (Å²) in [6.07, 6.45) is -1.58. The van der Waals surface area contributed by atoms with Crippen molar-refractivity contribution in [2.24, 2.45) is 5.92 Å². The summed E-state index contributed by atoms with van der Waals surface area (Å²) in [6.45, 7) is 0. The molecule has 0 aromatic heterocycles. The molecule has 0 radical (unpaired) electrons. The maximum atomic E-state index is 13.3. The predicted molar refractivity (Wildman–Crippen MR) is 122 cm³/mol. The van der Waals surface area contributed by atoms with Crippen LogP contribution in [-0.2, 0) is 39.6 Å². The van der Waals surface area contributed by atoms with Gasteiger partial charge in [0.2, 0.25) is 0 Å². The van der Waals surface area contributed by atoms with Crippen molar-refractivity contribution in [2.45, 2.75) is 57.3 Å². The molecule has 9 heteroatoms. The number of hydrogen-bond acceptors (Lipinski definition) is 0. The van der Waals surface area contributed by atoms with E-state index in [1.54, 1.807) is 12.1 Å². The summed E-state index contributed by atoms with van der Waals surface area (Å²) in [4.78, 5) is 0. The number of hydrogen-bond donors (Lipinski definition) is 0. The van der Waals surface area contributed by atoms with Gasteiger partial charge in [-0.2, -0.15) is 32.4 Å². The Balaban J connectivity index is 0.00000103. The van der Waals surface area contributed by atoms with Gasteiger partial charge in [-0.05, 0) is 36.1 Å². The van der Waals surface area contributed by atoms with E-state index < -0.39 is 44.3 Å². The minimum atomic E-state index is -4.86. The number of benzene rings is 2. The maximum absolute atomic E-state index is 13.3. The van der Waals surface area contributed by atoms with Crippen molar-refractivity contribution in [2.75, 3.05) is 0 Å². The molecule has 0 heterocycles. The second-order valence-electron chi connectivity index (χ2n) is 8.60. The van der Waals surface area contributed by atoms with Crippen LogP contribution in [0.5, 0.6) is 0 Å². The van der Waals surface area contributed by atoms with Crippen LogP contribution in [0.4, 0.5) is 26.3 Å². The molecule has 0 N–H and O–H groups in total. The van der Waals surface area contributed by atoms with Gasteiger partial charge >= 0.3 is 50.2 Å². The number of halogens is 8. The summed E-state index contributed by atoms with van der Waals surface area (Å²) in [5.41, 5.74) is -1.17. The van der Waals surface area contributed by atoms with Crippen molar-refractivity contribution in [1.82, 2.24) is 0 Å². The molecular weight excluding hydrogens is 576 g/mol. The first kappa shape index (κ1) is 27.7. The van der Waals surface area contributed by atoms with E-state index in [1.807, 2.05) is 18.2 Å². The zero-order valence-electron chi connectivity index (χ0n) is 18.2. The minimum absolute atomic E-state index is 0.0700. The molecule has 0 saturated heterocycles. The molecule has 0 unspecified atom stereocenters. The predicted octanol–water partition coefficient (Wildman–Crippen LogP) is 10.2. The van der Waals surface area contributed by atoms with Gasteiger partial charge in [-0.25, -0.2) is 0 Å². The van der Waals surface area contributed by atoms with Crippen LogP contribution in [-0.4, -0.2) is 0 Å². The topological polar surface area (TPSA) is 0 Å². The molecule has 1 fully saturated rings. The van der Waals surface area contributed by atoms with Crippen LogP contribution in [0.25, 0.3) is 21.9 Å². The SMILES string of the molecule is FC(F)(F)c1cc(-c2cccc3[cH-]c(CC4CCCCCC4)cc23)cc(C(F)(F)F)c1.[Cl][Zr][Cl]. The number of fused-ring (bicyclic) bond motifs is 1. The van der Waals surface area contributed by atoms with Gasteiger partial charge in [0.25, 0.3) is 0 Å². The summed E-state index contributed by atoms with van der Waals surface area (Å²) >= 11 is -0.826. The molecule has 1 saturated carbocycles. The fourth-order valence-electron chi connectivity index (χ4n) is 4.68. The third-order valence-electron chi connectivity index (χ3n) is 6.21. The molecule has 0 nitrogen and oxygen atoms in total. The Hall–Kier alpha value is -0.907. The van der Waals surface area contributed by atoms with Gasteiger partial charge in [-0.15, -0.1) is 34.5 Å². The fourth-order valence-corrected chi connectivity index (χ4v) is 4.68. The van der Waals surface area contributed by atoms with Crippen LogP contribution in [0.2, 0.25) is 0 Å². The van der Waals surface area contributed by atoms with Gasteiger partial charge in [0, 0.05) is 0 Å². The average Bonchev–Trinajstić information content (AvgIpc) is 2.99. The second kappa shape index (κ2) is 11.9. The normalized spacial score (nSPS) is 15.5. The summed E-state index contributed by atoms with van der Waals surface area (Å²) in [7, 11) is 9.87. The molecular formula is C25H23Cl2F6Zr-. The van der Waals surface area contributed by atoms with Crippen LogP contribution >= 0.6 is 17.0 Å². The van der Waals surface area contributed by atoms with E-state index in [-0.39, 0.29) is 11.6 Å². The van der Waals surface area contributed by atoms with Crippen molar-refractivity contribution < 1.29 is 47.2 Å². The monoisotopic (exact) mass is 597 g/mol. The Kier molecular flexibility index (Phi) is 9.68. The molecule has 0 aliphatic heterocycles. The average molecular weight is 600 g/mol. The summed E-state index contributed by atoms with van der Waals surface area (Å²) < 4.78 is 79.8. The van der Waals surface area contributed by atoms with E-state index in [0.29, 0.717) is 16.9 Å². The Morgan fingerprint density at radius 1 is 0.824 bits per heavy atom. The molecule has 3 aromatic rings. The van der Waals surface area contributed by atoms with Gasteiger partial charge < -0.3 is 0 Å². The van der Waals surface area contributed by atoms with Gasteiger partial charge in [-0.1, -0.05) is 50.2 Å². The first-order valence-electron chi connectivity index (χ1n) is 11.0. The van der Waals surface area contributed by atoms with Crippen molar-refractivity contribution >= 4 is 27.8 Å². The van der Waals surface area contributed by atoms with Crippen LogP contribution < -0.4 is 0 Å². The quantitative estimate of drug-likeness (QED) is 0.160. The van der Waals surface area contributed by atoms with Crippen molar-refractivity contribution in [1.29, 1.82) is 0 Å².